The maximum Gasteiger partial charge on any atom is 0.335 e. The Kier molecular flexibility index (Phi) is 6.28. The summed E-state index contributed by atoms with van der Waals surface area (Å²) in [6.07, 6.45) is 6.41. The molecule has 0 saturated carbocycles. The molecule has 2 aromatic carbocycles. The minimum absolute atomic E-state index is 0.0451. The second-order valence-corrected chi connectivity index (χ2v) is 9.19. The highest BCUT2D eigenvalue weighted by atomic mass is 35.5. The first-order chi connectivity index (χ1) is 15.7. The summed E-state index contributed by atoms with van der Waals surface area (Å²) >= 11 is 12.4. The molecule has 1 unspecified atom stereocenters. The van der Waals surface area contributed by atoms with Crippen LogP contribution in [0.3, 0.4) is 0 Å². The third-order valence-corrected chi connectivity index (χ3v) is 6.92. The number of ketones is 1. The van der Waals surface area contributed by atoms with Crippen molar-refractivity contribution >= 4 is 46.8 Å². The van der Waals surface area contributed by atoms with Crippen LogP contribution in [0.2, 0.25) is 5.02 Å². The van der Waals surface area contributed by atoms with E-state index in [9.17, 15) is 19.5 Å². The molecule has 2 aliphatic carbocycles. The van der Waals surface area contributed by atoms with Crippen LogP contribution < -0.4 is 5.73 Å². The van der Waals surface area contributed by atoms with Crippen LogP contribution in [0, 0.1) is 11.3 Å². The van der Waals surface area contributed by atoms with E-state index in [1.54, 1.807) is 48.6 Å². The number of nitrogens with two attached hydrogens (primary N) is 1. The Morgan fingerprint density at radius 3 is 2.55 bits per heavy atom. The van der Waals surface area contributed by atoms with Gasteiger partial charge in [0.1, 0.15) is 6.29 Å². The number of halogens is 2. The van der Waals surface area contributed by atoms with Crippen LogP contribution in [0.4, 0.5) is 0 Å². The lowest BCUT2D eigenvalue weighted by atomic mass is 9.57. The van der Waals surface area contributed by atoms with Gasteiger partial charge in [0.25, 0.3) is 0 Å². The van der Waals surface area contributed by atoms with Crippen molar-refractivity contribution in [3.63, 3.8) is 0 Å². The van der Waals surface area contributed by atoms with Crippen LogP contribution >= 0.6 is 23.2 Å². The predicted molar refractivity (Wildman–Crippen MR) is 128 cm³/mol. The number of hydrogen-bond acceptors (Lipinski definition) is 4. The zero-order chi connectivity index (χ0) is 23.8. The first-order valence-corrected chi connectivity index (χ1v) is 11.1. The molecule has 0 heterocycles. The van der Waals surface area contributed by atoms with E-state index in [4.69, 9.17) is 28.9 Å². The van der Waals surface area contributed by atoms with E-state index in [1.165, 1.54) is 12.1 Å². The van der Waals surface area contributed by atoms with Crippen molar-refractivity contribution in [3.8, 4) is 0 Å². The molecule has 0 spiro atoms. The minimum Gasteiger partial charge on any atom is -0.478 e. The van der Waals surface area contributed by atoms with Gasteiger partial charge in [0.2, 0.25) is 0 Å². The number of rotatable bonds is 5. The molecule has 0 aromatic heterocycles. The van der Waals surface area contributed by atoms with Crippen LogP contribution in [0.5, 0.6) is 0 Å². The van der Waals surface area contributed by atoms with E-state index in [0.29, 0.717) is 33.3 Å². The Balaban J connectivity index is 1.94. The number of aromatic carboxylic acids is 1. The highest BCUT2D eigenvalue weighted by molar-refractivity contribution is 6.31. The van der Waals surface area contributed by atoms with Crippen molar-refractivity contribution in [2.75, 3.05) is 0 Å². The number of benzene rings is 2. The minimum atomic E-state index is -1.16. The van der Waals surface area contributed by atoms with E-state index < -0.39 is 23.2 Å². The number of allylic oxidation sites excluding steroid dienone is 6. The normalized spacial score (nSPS) is 25.0. The van der Waals surface area contributed by atoms with Gasteiger partial charge in [0.15, 0.2) is 5.78 Å². The fourth-order valence-electron chi connectivity index (χ4n) is 4.82. The number of carboxylic acids is 1. The standard InChI is InChI=1S/C26H21Cl2NO4/c27-18-6-2-4-16(10-18)22-12-24(31)20(15-3-1-5-17(9-15)25(32)33)13-26(22,14-30)21-8-7-19(28)11-23(21)29/h1-7,9-11,13-14,21-22H,8,12,29H2,(H,32,33)/t21?,22-,26-/m0/s1. The molecule has 3 N–H and O–H groups in total. The molecule has 0 bridgehead atoms. The monoisotopic (exact) mass is 481 g/mol. The highest BCUT2D eigenvalue weighted by Crippen LogP contribution is 2.53. The summed E-state index contributed by atoms with van der Waals surface area (Å²) < 4.78 is 0. The van der Waals surface area contributed by atoms with E-state index in [2.05, 4.69) is 0 Å². The van der Waals surface area contributed by atoms with Gasteiger partial charge in [-0.1, -0.05) is 59.6 Å². The molecule has 0 aliphatic heterocycles. The Hall–Kier alpha value is -3.15. The van der Waals surface area contributed by atoms with Crippen molar-refractivity contribution in [2.45, 2.75) is 18.8 Å². The van der Waals surface area contributed by atoms with Crippen LogP contribution in [-0.2, 0) is 9.59 Å². The molecule has 0 amide bonds. The molecule has 0 saturated heterocycles. The van der Waals surface area contributed by atoms with Gasteiger partial charge in [0, 0.05) is 39.6 Å². The highest BCUT2D eigenvalue weighted by Gasteiger charge is 2.50. The second kappa shape index (κ2) is 9.00. The van der Waals surface area contributed by atoms with Gasteiger partial charge in [-0.2, -0.15) is 0 Å². The maximum atomic E-state index is 13.3. The predicted octanol–water partition coefficient (Wildman–Crippen LogP) is 5.35. The summed E-state index contributed by atoms with van der Waals surface area (Å²) in [5, 5.41) is 10.4. The van der Waals surface area contributed by atoms with Crippen molar-refractivity contribution in [3.05, 3.63) is 99.2 Å². The molecule has 168 valence electrons. The lowest BCUT2D eigenvalue weighted by Gasteiger charge is -2.44. The van der Waals surface area contributed by atoms with Crippen LogP contribution in [0.15, 0.2) is 77.5 Å². The SMILES string of the molecule is NC1=CC(Cl)=CCC1[C@@]1(C=O)C=C(c2cccc(C(=O)O)c2)C(=O)C[C@H]1c1cccc(Cl)c1. The van der Waals surface area contributed by atoms with E-state index in [-0.39, 0.29) is 17.8 Å². The Morgan fingerprint density at radius 2 is 1.88 bits per heavy atom. The number of Topliss-reactive ketones (excluding diaryl/α,β-unsaturated/α-hetero) is 1. The molecule has 0 fully saturated rings. The molecular formula is C26H21Cl2NO4. The second-order valence-electron chi connectivity index (χ2n) is 8.32. The zero-order valence-corrected chi connectivity index (χ0v) is 19.0. The molecule has 2 aromatic rings. The fraction of sp³-hybridized carbons (Fsp3) is 0.192. The van der Waals surface area contributed by atoms with Crippen LogP contribution in [0.1, 0.15) is 40.2 Å². The molecular weight excluding hydrogens is 461 g/mol. The molecule has 2 aliphatic rings. The third-order valence-electron chi connectivity index (χ3n) is 6.42. The summed E-state index contributed by atoms with van der Waals surface area (Å²) in [6.45, 7) is 0. The zero-order valence-electron chi connectivity index (χ0n) is 17.5. The summed E-state index contributed by atoms with van der Waals surface area (Å²) in [5.74, 6) is -2.23. The van der Waals surface area contributed by atoms with E-state index in [1.807, 2.05) is 6.07 Å². The topological polar surface area (TPSA) is 97.5 Å². The Bertz CT molecular complexity index is 1250. The average Bonchev–Trinajstić information content (AvgIpc) is 2.79. The molecule has 7 heteroatoms. The Labute approximate surface area is 201 Å². The summed E-state index contributed by atoms with van der Waals surface area (Å²) in [6, 6.07) is 13.3. The molecule has 3 atom stereocenters. The number of carbonyl (C=O) groups excluding carboxylic acids is 2. The molecule has 4 rings (SSSR count). The number of carboxylic acid groups (broad SMARTS) is 1. The quantitative estimate of drug-likeness (QED) is 0.560. The lowest BCUT2D eigenvalue weighted by molar-refractivity contribution is -0.120. The number of hydrogen-bond donors (Lipinski definition) is 2. The number of carbonyl (C=O) groups is 3. The summed E-state index contributed by atoms with van der Waals surface area (Å²) in [7, 11) is 0. The van der Waals surface area contributed by atoms with Gasteiger partial charge in [-0.3, -0.25) is 4.79 Å². The van der Waals surface area contributed by atoms with E-state index >= 15 is 0 Å². The van der Waals surface area contributed by atoms with Gasteiger partial charge < -0.3 is 15.6 Å². The molecule has 0 radical (unpaired) electrons. The fourth-order valence-corrected chi connectivity index (χ4v) is 5.23. The first-order valence-electron chi connectivity index (χ1n) is 10.4. The van der Waals surface area contributed by atoms with Crippen molar-refractivity contribution in [1.29, 1.82) is 0 Å². The first kappa shape index (κ1) is 23.0. The third kappa shape index (κ3) is 4.26. The van der Waals surface area contributed by atoms with Gasteiger partial charge >= 0.3 is 5.97 Å². The summed E-state index contributed by atoms with van der Waals surface area (Å²) in [5.41, 5.74) is 7.22. The van der Waals surface area contributed by atoms with Gasteiger partial charge in [0.05, 0.1) is 11.0 Å². The van der Waals surface area contributed by atoms with Crippen molar-refractivity contribution in [1.82, 2.24) is 0 Å². The van der Waals surface area contributed by atoms with E-state index in [0.717, 1.165) is 11.8 Å². The smallest absolute Gasteiger partial charge is 0.335 e. The summed E-state index contributed by atoms with van der Waals surface area (Å²) in [4.78, 5) is 37.7. The molecule has 5 nitrogen and oxygen atoms in total. The lowest BCUT2D eigenvalue weighted by Crippen LogP contribution is -2.43. The number of aldehydes is 1. The molecule has 33 heavy (non-hydrogen) atoms. The Morgan fingerprint density at radius 1 is 1.12 bits per heavy atom. The van der Waals surface area contributed by atoms with Gasteiger partial charge in [-0.25, -0.2) is 4.79 Å². The largest absolute Gasteiger partial charge is 0.478 e. The van der Waals surface area contributed by atoms with Gasteiger partial charge in [-0.05, 0) is 47.9 Å². The van der Waals surface area contributed by atoms with Crippen LogP contribution in [-0.4, -0.2) is 23.1 Å². The maximum absolute atomic E-state index is 13.3. The van der Waals surface area contributed by atoms with Crippen molar-refractivity contribution in [2.24, 2.45) is 17.1 Å². The van der Waals surface area contributed by atoms with Crippen molar-refractivity contribution < 1.29 is 19.5 Å². The van der Waals surface area contributed by atoms with Crippen LogP contribution in [0.25, 0.3) is 5.57 Å². The van der Waals surface area contributed by atoms with Gasteiger partial charge in [-0.15, -0.1) is 0 Å². The average molecular weight is 482 g/mol.